The fourth-order valence-corrected chi connectivity index (χ4v) is 1.30. The minimum Gasteiger partial charge on any atom is -0.481 e. The third-order valence-electron chi connectivity index (χ3n) is 2.38. The van der Waals surface area contributed by atoms with E-state index in [0.29, 0.717) is 12.8 Å². The van der Waals surface area contributed by atoms with Crippen molar-refractivity contribution in [2.45, 2.75) is 39.2 Å². The molecule has 1 fully saturated rings. The van der Waals surface area contributed by atoms with E-state index in [1.807, 2.05) is 0 Å². The Bertz CT molecular complexity index is 318. The second-order valence-corrected chi connectivity index (χ2v) is 4.87. The first-order valence-electron chi connectivity index (χ1n) is 4.85. The molecule has 15 heavy (non-hydrogen) atoms. The Morgan fingerprint density at radius 1 is 1.33 bits per heavy atom. The van der Waals surface area contributed by atoms with Crippen LogP contribution in [0.25, 0.3) is 0 Å². The zero-order valence-corrected chi connectivity index (χ0v) is 9.29. The molecule has 0 atom stereocenters. The average molecular weight is 212 g/mol. The van der Waals surface area contributed by atoms with Crippen molar-refractivity contribution in [2.75, 3.05) is 0 Å². The van der Waals surface area contributed by atoms with Gasteiger partial charge in [0.15, 0.2) is 0 Å². The third kappa shape index (κ3) is 2.37. The predicted molar refractivity (Wildman–Crippen MR) is 54.3 cm³/mol. The van der Waals surface area contributed by atoms with Crippen molar-refractivity contribution in [3.05, 3.63) is 12.2 Å². The van der Waals surface area contributed by atoms with Crippen LogP contribution in [0.4, 0.5) is 0 Å². The highest BCUT2D eigenvalue weighted by Crippen LogP contribution is 2.52. The standard InChI is InChI=1S/C11H16O4/c1-7(8(12)15-10(2,3)4)11(5-6-11)9(13)14/h1,5-6H2,2-4H3,(H,13,14). The molecule has 0 bridgehead atoms. The van der Waals surface area contributed by atoms with Gasteiger partial charge in [-0.1, -0.05) is 6.58 Å². The number of carbonyl (C=O) groups excluding carboxylic acids is 1. The van der Waals surface area contributed by atoms with E-state index in [4.69, 9.17) is 9.84 Å². The van der Waals surface area contributed by atoms with Gasteiger partial charge in [0.1, 0.15) is 5.60 Å². The van der Waals surface area contributed by atoms with Crippen molar-refractivity contribution >= 4 is 11.9 Å². The summed E-state index contributed by atoms with van der Waals surface area (Å²) in [5, 5.41) is 8.95. The van der Waals surface area contributed by atoms with Crippen LogP contribution < -0.4 is 0 Å². The first-order valence-corrected chi connectivity index (χ1v) is 4.85. The summed E-state index contributed by atoms with van der Waals surface area (Å²) >= 11 is 0. The Morgan fingerprint density at radius 3 is 2.07 bits per heavy atom. The lowest BCUT2D eigenvalue weighted by molar-refractivity contribution is -0.154. The van der Waals surface area contributed by atoms with Crippen molar-refractivity contribution in [2.24, 2.45) is 5.41 Å². The molecule has 0 aromatic heterocycles. The van der Waals surface area contributed by atoms with E-state index in [1.54, 1.807) is 20.8 Å². The molecule has 4 nitrogen and oxygen atoms in total. The molecule has 1 aliphatic carbocycles. The fraction of sp³-hybridized carbons (Fsp3) is 0.636. The van der Waals surface area contributed by atoms with Crippen LogP contribution in [0.2, 0.25) is 0 Å². The van der Waals surface area contributed by atoms with E-state index in [2.05, 4.69) is 6.58 Å². The SMILES string of the molecule is C=C(C(=O)OC(C)(C)C)C1(C(=O)O)CC1. The van der Waals surface area contributed by atoms with Gasteiger partial charge in [-0.15, -0.1) is 0 Å². The molecule has 0 aromatic carbocycles. The lowest BCUT2D eigenvalue weighted by Gasteiger charge is -2.22. The van der Waals surface area contributed by atoms with Crippen molar-refractivity contribution in [1.82, 2.24) is 0 Å². The Hall–Kier alpha value is -1.32. The van der Waals surface area contributed by atoms with Crippen LogP contribution in [0.5, 0.6) is 0 Å². The molecular formula is C11H16O4. The molecular weight excluding hydrogens is 196 g/mol. The average Bonchev–Trinajstić information content (AvgIpc) is 2.79. The second kappa shape index (κ2) is 3.36. The van der Waals surface area contributed by atoms with Gasteiger partial charge in [-0.2, -0.15) is 0 Å². The van der Waals surface area contributed by atoms with Crippen molar-refractivity contribution < 1.29 is 19.4 Å². The van der Waals surface area contributed by atoms with Gasteiger partial charge in [-0.3, -0.25) is 4.79 Å². The molecule has 0 heterocycles. The van der Waals surface area contributed by atoms with Crippen molar-refractivity contribution in [3.8, 4) is 0 Å². The summed E-state index contributed by atoms with van der Waals surface area (Å²) in [7, 11) is 0. The summed E-state index contributed by atoms with van der Waals surface area (Å²) in [6.45, 7) is 8.74. The molecule has 1 saturated carbocycles. The predicted octanol–water partition coefficient (Wildman–Crippen LogP) is 1.75. The van der Waals surface area contributed by atoms with Gasteiger partial charge in [0.2, 0.25) is 0 Å². The van der Waals surface area contributed by atoms with Crippen LogP contribution in [-0.4, -0.2) is 22.6 Å². The Kier molecular flexibility index (Phi) is 2.63. The van der Waals surface area contributed by atoms with Crippen LogP contribution in [0.15, 0.2) is 12.2 Å². The maximum atomic E-state index is 11.6. The van der Waals surface area contributed by atoms with E-state index in [1.165, 1.54) is 0 Å². The number of ether oxygens (including phenoxy) is 1. The van der Waals surface area contributed by atoms with Gasteiger partial charge in [0.05, 0.1) is 5.41 Å². The van der Waals surface area contributed by atoms with Gasteiger partial charge in [-0.05, 0) is 33.6 Å². The van der Waals surface area contributed by atoms with Gasteiger partial charge < -0.3 is 9.84 Å². The number of carboxylic acids is 1. The lowest BCUT2D eigenvalue weighted by atomic mass is 9.97. The molecule has 0 radical (unpaired) electrons. The maximum Gasteiger partial charge on any atom is 0.335 e. The molecule has 84 valence electrons. The van der Waals surface area contributed by atoms with Gasteiger partial charge in [0, 0.05) is 5.57 Å². The molecule has 4 heteroatoms. The molecule has 0 unspecified atom stereocenters. The van der Waals surface area contributed by atoms with Crippen LogP contribution in [0.3, 0.4) is 0 Å². The highest BCUT2D eigenvalue weighted by Gasteiger charge is 2.55. The Labute approximate surface area is 88.9 Å². The highest BCUT2D eigenvalue weighted by molar-refractivity contribution is 5.99. The minimum absolute atomic E-state index is 0.0601. The smallest absolute Gasteiger partial charge is 0.335 e. The normalized spacial score (nSPS) is 18.1. The lowest BCUT2D eigenvalue weighted by Crippen LogP contribution is -2.29. The molecule has 1 aliphatic rings. The van der Waals surface area contributed by atoms with E-state index in [-0.39, 0.29) is 5.57 Å². The van der Waals surface area contributed by atoms with Crippen LogP contribution in [-0.2, 0) is 14.3 Å². The summed E-state index contributed by atoms with van der Waals surface area (Å²) in [6.07, 6.45) is 0.945. The topological polar surface area (TPSA) is 63.6 Å². The molecule has 0 saturated heterocycles. The summed E-state index contributed by atoms with van der Waals surface area (Å²) in [5.41, 5.74) is -1.61. The number of carboxylic acid groups (broad SMARTS) is 1. The monoisotopic (exact) mass is 212 g/mol. The molecule has 1 rings (SSSR count). The summed E-state index contributed by atoms with van der Waals surface area (Å²) in [5.74, 6) is -1.60. The molecule has 1 N–H and O–H groups in total. The van der Waals surface area contributed by atoms with E-state index in [0.717, 1.165) is 0 Å². The Balaban J connectivity index is 2.71. The Morgan fingerprint density at radius 2 is 1.80 bits per heavy atom. The molecule has 0 spiro atoms. The van der Waals surface area contributed by atoms with E-state index >= 15 is 0 Å². The number of hydrogen-bond donors (Lipinski definition) is 1. The second-order valence-electron chi connectivity index (χ2n) is 4.87. The van der Waals surface area contributed by atoms with Crippen molar-refractivity contribution in [1.29, 1.82) is 0 Å². The zero-order valence-electron chi connectivity index (χ0n) is 9.29. The zero-order chi connectivity index (χ0) is 11.9. The van der Waals surface area contributed by atoms with Gasteiger partial charge in [-0.25, -0.2) is 4.79 Å². The first-order chi connectivity index (χ1) is 6.69. The molecule has 0 amide bonds. The van der Waals surface area contributed by atoms with E-state index < -0.39 is 23.0 Å². The molecule has 0 aromatic rings. The van der Waals surface area contributed by atoms with Crippen LogP contribution in [0, 0.1) is 5.41 Å². The van der Waals surface area contributed by atoms with Crippen LogP contribution in [0.1, 0.15) is 33.6 Å². The number of rotatable bonds is 3. The van der Waals surface area contributed by atoms with E-state index in [9.17, 15) is 9.59 Å². The maximum absolute atomic E-state index is 11.6. The van der Waals surface area contributed by atoms with Gasteiger partial charge >= 0.3 is 11.9 Å². The quantitative estimate of drug-likeness (QED) is 0.571. The van der Waals surface area contributed by atoms with Gasteiger partial charge in [0.25, 0.3) is 0 Å². The molecule has 0 aliphatic heterocycles. The summed E-state index contributed by atoms with van der Waals surface area (Å²) < 4.78 is 5.07. The number of esters is 1. The fourth-order valence-electron chi connectivity index (χ4n) is 1.30. The number of aliphatic carboxylic acids is 1. The number of hydrogen-bond acceptors (Lipinski definition) is 3. The minimum atomic E-state index is -1.05. The highest BCUT2D eigenvalue weighted by atomic mass is 16.6. The first kappa shape index (κ1) is 11.8. The van der Waals surface area contributed by atoms with Crippen molar-refractivity contribution in [3.63, 3.8) is 0 Å². The summed E-state index contributed by atoms with van der Waals surface area (Å²) in [4.78, 5) is 22.5. The summed E-state index contributed by atoms with van der Waals surface area (Å²) in [6, 6.07) is 0. The number of carbonyl (C=O) groups is 2. The van der Waals surface area contributed by atoms with Crippen LogP contribution >= 0.6 is 0 Å². The third-order valence-corrected chi connectivity index (χ3v) is 2.38. The largest absolute Gasteiger partial charge is 0.481 e.